The second-order valence-corrected chi connectivity index (χ2v) is 4.18. The van der Waals surface area contributed by atoms with Crippen LogP contribution in [0.3, 0.4) is 0 Å². The van der Waals surface area contributed by atoms with Crippen LogP contribution in [0.5, 0.6) is 0 Å². The summed E-state index contributed by atoms with van der Waals surface area (Å²) in [4.78, 5) is 32.1. The lowest BCUT2D eigenvalue weighted by molar-refractivity contribution is 0.239. The van der Waals surface area contributed by atoms with Gasteiger partial charge in [0.25, 0.3) is 0 Å². The van der Waals surface area contributed by atoms with Crippen LogP contribution in [0.2, 0.25) is 0 Å². The van der Waals surface area contributed by atoms with Crippen LogP contribution >= 0.6 is 0 Å². The number of urea groups is 3. The van der Waals surface area contributed by atoms with Gasteiger partial charge in [0.1, 0.15) is 0 Å². The fourth-order valence-corrected chi connectivity index (χ4v) is 1.39. The number of nitrogens with two attached hydrogens (primary N) is 2. The Morgan fingerprint density at radius 3 is 1.20 bits per heavy atom. The molecule has 0 unspecified atom stereocenters. The Morgan fingerprint density at radius 1 is 0.600 bits per heavy atom. The SMILES string of the molecule is NC(=O)NCCCCNC(=O)NCCCCNC(N)=O. The van der Waals surface area contributed by atoms with Crippen LogP contribution in [0.15, 0.2) is 0 Å². The smallest absolute Gasteiger partial charge is 0.314 e. The molecule has 9 heteroatoms. The third-order valence-electron chi connectivity index (χ3n) is 2.38. The summed E-state index contributed by atoms with van der Waals surface area (Å²) in [5.74, 6) is 0. The molecule has 0 radical (unpaired) electrons. The Bertz CT molecular complexity index is 283. The molecule has 0 aromatic carbocycles. The van der Waals surface area contributed by atoms with Crippen molar-refractivity contribution in [3.05, 3.63) is 0 Å². The van der Waals surface area contributed by atoms with E-state index in [1.54, 1.807) is 0 Å². The largest absolute Gasteiger partial charge is 0.352 e. The molecule has 0 aliphatic carbocycles. The average Bonchev–Trinajstić information content (AvgIpc) is 2.37. The van der Waals surface area contributed by atoms with Crippen molar-refractivity contribution < 1.29 is 14.4 Å². The van der Waals surface area contributed by atoms with Gasteiger partial charge in [-0.05, 0) is 25.7 Å². The van der Waals surface area contributed by atoms with E-state index < -0.39 is 12.1 Å². The van der Waals surface area contributed by atoms with E-state index in [0.29, 0.717) is 26.2 Å². The number of nitrogens with one attached hydrogen (secondary N) is 4. The predicted molar refractivity (Wildman–Crippen MR) is 75.0 cm³/mol. The molecule has 116 valence electrons. The molecule has 0 aliphatic rings. The number of carbonyl (C=O) groups is 3. The first kappa shape index (κ1) is 17.8. The summed E-state index contributed by atoms with van der Waals surface area (Å²) < 4.78 is 0. The zero-order valence-corrected chi connectivity index (χ0v) is 11.5. The van der Waals surface area contributed by atoms with Crippen LogP contribution in [-0.2, 0) is 0 Å². The average molecular weight is 288 g/mol. The van der Waals surface area contributed by atoms with Gasteiger partial charge in [-0.2, -0.15) is 0 Å². The molecule has 8 N–H and O–H groups in total. The summed E-state index contributed by atoms with van der Waals surface area (Å²) in [5.41, 5.74) is 9.80. The highest BCUT2D eigenvalue weighted by atomic mass is 16.2. The summed E-state index contributed by atoms with van der Waals surface area (Å²) in [6, 6.07) is -1.31. The molecule has 9 nitrogen and oxygen atoms in total. The third kappa shape index (κ3) is 13.9. The Hall–Kier alpha value is -2.19. The van der Waals surface area contributed by atoms with Gasteiger partial charge in [0, 0.05) is 26.2 Å². The lowest BCUT2D eigenvalue weighted by Crippen LogP contribution is -2.37. The second kappa shape index (κ2) is 11.9. The number of amides is 6. The van der Waals surface area contributed by atoms with Crippen molar-refractivity contribution in [3.8, 4) is 0 Å². The Balaban J connectivity index is 3.24. The monoisotopic (exact) mass is 288 g/mol. The van der Waals surface area contributed by atoms with Crippen LogP contribution in [0, 0.1) is 0 Å². The summed E-state index contributed by atoms with van der Waals surface area (Å²) in [6.45, 7) is 2.09. The van der Waals surface area contributed by atoms with Crippen molar-refractivity contribution >= 4 is 18.1 Å². The van der Waals surface area contributed by atoms with E-state index in [0.717, 1.165) is 25.7 Å². The Morgan fingerprint density at radius 2 is 0.900 bits per heavy atom. The van der Waals surface area contributed by atoms with E-state index in [9.17, 15) is 14.4 Å². The van der Waals surface area contributed by atoms with Gasteiger partial charge in [-0.1, -0.05) is 0 Å². The van der Waals surface area contributed by atoms with Crippen LogP contribution in [0.25, 0.3) is 0 Å². The van der Waals surface area contributed by atoms with Gasteiger partial charge in [-0.15, -0.1) is 0 Å². The minimum atomic E-state index is -0.540. The molecule has 0 aliphatic heterocycles. The summed E-state index contributed by atoms with van der Waals surface area (Å²) in [6.07, 6.45) is 3.02. The molecular formula is C11H24N6O3. The fourth-order valence-electron chi connectivity index (χ4n) is 1.39. The highest BCUT2D eigenvalue weighted by Gasteiger charge is 1.99. The van der Waals surface area contributed by atoms with Crippen LogP contribution in [0.1, 0.15) is 25.7 Å². The van der Waals surface area contributed by atoms with Crippen LogP contribution in [0.4, 0.5) is 14.4 Å². The molecule has 0 bridgehead atoms. The highest BCUT2D eigenvalue weighted by molar-refractivity contribution is 5.73. The van der Waals surface area contributed by atoms with E-state index in [-0.39, 0.29) is 6.03 Å². The minimum absolute atomic E-state index is 0.226. The molecule has 0 saturated heterocycles. The Kier molecular flexibility index (Phi) is 10.6. The van der Waals surface area contributed by atoms with Gasteiger partial charge in [-0.25, -0.2) is 14.4 Å². The molecule has 6 amide bonds. The van der Waals surface area contributed by atoms with Gasteiger partial charge >= 0.3 is 18.1 Å². The van der Waals surface area contributed by atoms with E-state index >= 15 is 0 Å². The fraction of sp³-hybridized carbons (Fsp3) is 0.727. The number of primary amides is 2. The maximum Gasteiger partial charge on any atom is 0.314 e. The predicted octanol–water partition coefficient (Wildman–Crippen LogP) is -0.817. The van der Waals surface area contributed by atoms with Crippen LogP contribution < -0.4 is 32.7 Å². The zero-order valence-electron chi connectivity index (χ0n) is 11.5. The number of rotatable bonds is 10. The van der Waals surface area contributed by atoms with Crippen molar-refractivity contribution in [1.29, 1.82) is 0 Å². The number of carbonyl (C=O) groups excluding carboxylic acids is 3. The normalized spacial score (nSPS) is 9.60. The minimum Gasteiger partial charge on any atom is -0.352 e. The maximum atomic E-state index is 11.3. The van der Waals surface area contributed by atoms with Gasteiger partial charge in [0.2, 0.25) is 0 Å². The van der Waals surface area contributed by atoms with Crippen molar-refractivity contribution in [2.24, 2.45) is 11.5 Å². The van der Waals surface area contributed by atoms with E-state index in [1.165, 1.54) is 0 Å². The molecular weight excluding hydrogens is 264 g/mol. The van der Waals surface area contributed by atoms with Crippen molar-refractivity contribution in [3.63, 3.8) is 0 Å². The van der Waals surface area contributed by atoms with Gasteiger partial charge in [0.05, 0.1) is 0 Å². The molecule has 0 spiro atoms. The molecule has 0 atom stereocenters. The molecule has 0 saturated carbocycles. The number of hydrogen-bond acceptors (Lipinski definition) is 3. The number of unbranched alkanes of at least 4 members (excludes halogenated alkanes) is 2. The summed E-state index contributed by atoms with van der Waals surface area (Å²) in [5, 5.41) is 10.3. The standard InChI is InChI=1S/C11H24N6O3/c12-9(18)14-5-1-3-7-16-11(20)17-8-4-2-6-15-10(13)19/h1-8H2,(H3,12,14,18)(H3,13,15,19)(H2,16,17,20). The topological polar surface area (TPSA) is 151 Å². The van der Waals surface area contributed by atoms with Crippen LogP contribution in [-0.4, -0.2) is 44.3 Å². The van der Waals surface area contributed by atoms with Crippen molar-refractivity contribution in [2.45, 2.75) is 25.7 Å². The lowest BCUT2D eigenvalue weighted by atomic mass is 10.3. The first-order valence-electron chi connectivity index (χ1n) is 6.60. The molecule has 0 fully saturated rings. The van der Waals surface area contributed by atoms with Crippen molar-refractivity contribution in [2.75, 3.05) is 26.2 Å². The van der Waals surface area contributed by atoms with Gasteiger partial charge < -0.3 is 32.7 Å². The summed E-state index contributed by atoms with van der Waals surface area (Å²) >= 11 is 0. The first-order valence-corrected chi connectivity index (χ1v) is 6.60. The highest BCUT2D eigenvalue weighted by Crippen LogP contribution is 1.86. The quantitative estimate of drug-likeness (QED) is 0.291. The maximum absolute atomic E-state index is 11.3. The molecule has 0 aromatic heterocycles. The Labute approximate surface area is 118 Å². The van der Waals surface area contributed by atoms with E-state index in [1.807, 2.05) is 0 Å². The first-order chi connectivity index (χ1) is 9.52. The third-order valence-corrected chi connectivity index (χ3v) is 2.38. The van der Waals surface area contributed by atoms with E-state index in [2.05, 4.69) is 21.3 Å². The number of hydrogen-bond donors (Lipinski definition) is 6. The van der Waals surface area contributed by atoms with Crippen molar-refractivity contribution in [1.82, 2.24) is 21.3 Å². The molecule has 0 rings (SSSR count). The molecule has 20 heavy (non-hydrogen) atoms. The summed E-state index contributed by atoms with van der Waals surface area (Å²) in [7, 11) is 0. The molecule has 0 heterocycles. The molecule has 0 aromatic rings. The van der Waals surface area contributed by atoms with E-state index in [4.69, 9.17) is 11.5 Å². The van der Waals surface area contributed by atoms with Gasteiger partial charge in [0.15, 0.2) is 0 Å². The lowest BCUT2D eigenvalue weighted by Gasteiger charge is -2.07. The zero-order chi connectivity index (χ0) is 15.2. The van der Waals surface area contributed by atoms with Gasteiger partial charge in [-0.3, -0.25) is 0 Å². The second-order valence-electron chi connectivity index (χ2n) is 4.18.